The van der Waals surface area contributed by atoms with Crippen LogP contribution in [0.15, 0.2) is 24.3 Å². The second-order valence-electron chi connectivity index (χ2n) is 5.45. The molecule has 1 aromatic rings. The van der Waals surface area contributed by atoms with Crippen molar-refractivity contribution in [3.05, 3.63) is 35.6 Å². The minimum atomic E-state index is -0.0890. The van der Waals surface area contributed by atoms with Gasteiger partial charge in [-0.1, -0.05) is 18.2 Å². The van der Waals surface area contributed by atoms with Crippen LogP contribution < -0.4 is 5.73 Å². The fourth-order valence-corrected chi connectivity index (χ4v) is 3.40. The minimum Gasteiger partial charge on any atom is -0.327 e. The lowest BCUT2D eigenvalue weighted by Crippen LogP contribution is -2.30. The molecule has 92 valence electrons. The third-order valence-electron chi connectivity index (χ3n) is 4.34. The molecular formula is C14H19FN2. The summed E-state index contributed by atoms with van der Waals surface area (Å²) >= 11 is 0. The van der Waals surface area contributed by atoms with Gasteiger partial charge in [0.1, 0.15) is 5.82 Å². The molecule has 17 heavy (non-hydrogen) atoms. The van der Waals surface area contributed by atoms with Gasteiger partial charge < -0.3 is 5.73 Å². The quantitative estimate of drug-likeness (QED) is 0.848. The molecule has 2 N–H and O–H groups in total. The highest BCUT2D eigenvalue weighted by Gasteiger charge is 2.40. The number of likely N-dealkylation sites (tertiary alicyclic amines) is 1. The van der Waals surface area contributed by atoms with E-state index in [2.05, 4.69) is 4.90 Å². The number of benzene rings is 1. The highest BCUT2D eigenvalue weighted by Crippen LogP contribution is 2.37. The average molecular weight is 234 g/mol. The first-order valence-electron chi connectivity index (χ1n) is 6.45. The molecule has 2 nitrogen and oxygen atoms in total. The number of hydrogen-bond donors (Lipinski definition) is 1. The monoisotopic (exact) mass is 234 g/mol. The lowest BCUT2D eigenvalue weighted by Gasteiger charge is -2.18. The number of rotatable bonds is 2. The van der Waals surface area contributed by atoms with Gasteiger partial charge in [0.15, 0.2) is 0 Å². The summed E-state index contributed by atoms with van der Waals surface area (Å²) in [6.07, 6.45) is 2.42. The van der Waals surface area contributed by atoms with Gasteiger partial charge in [0.25, 0.3) is 0 Å². The highest BCUT2D eigenvalue weighted by molar-refractivity contribution is 5.17. The first-order valence-corrected chi connectivity index (χ1v) is 6.45. The molecule has 1 aliphatic heterocycles. The van der Waals surface area contributed by atoms with Crippen LogP contribution in [-0.2, 0) is 6.54 Å². The van der Waals surface area contributed by atoms with E-state index in [0.29, 0.717) is 12.0 Å². The Bertz CT molecular complexity index is 407. The molecule has 1 saturated heterocycles. The number of hydrogen-bond acceptors (Lipinski definition) is 2. The molecule has 3 atom stereocenters. The topological polar surface area (TPSA) is 29.3 Å². The van der Waals surface area contributed by atoms with E-state index >= 15 is 0 Å². The predicted octanol–water partition coefficient (Wildman–Crippen LogP) is 1.99. The number of nitrogens with zero attached hydrogens (tertiary/aromatic N) is 1. The molecule has 2 aliphatic rings. The van der Waals surface area contributed by atoms with Gasteiger partial charge in [-0.15, -0.1) is 0 Å². The number of halogens is 1. The van der Waals surface area contributed by atoms with Gasteiger partial charge >= 0.3 is 0 Å². The molecular weight excluding hydrogens is 215 g/mol. The van der Waals surface area contributed by atoms with E-state index < -0.39 is 0 Å². The fraction of sp³-hybridized carbons (Fsp3) is 0.571. The maximum absolute atomic E-state index is 13.6. The van der Waals surface area contributed by atoms with Crippen LogP contribution in [0, 0.1) is 17.7 Å². The van der Waals surface area contributed by atoms with Gasteiger partial charge in [-0.3, -0.25) is 4.90 Å². The maximum Gasteiger partial charge on any atom is 0.127 e. The van der Waals surface area contributed by atoms with Gasteiger partial charge in [-0.2, -0.15) is 0 Å². The first kappa shape index (κ1) is 11.2. The lowest BCUT2D eigenvalue weighted by molar-refractivity contribution is 0.294. The summed E-state index contributed by atoms with van der Waals surface area (Å²) in [6, 6.07) is 7.43. The van der Waals surface area contributed by atoms with E-state index in [-0.39, 0.29) is 5.82 Å². The third-order valence-corrected chi connectivity index (χ3v) is 4.34. The Balaban J connectivity index is 1.67. The van der Waals surface area contributed by atoms with Gasteiger partial charge in [0.2, 0.25) is 0 Å². The van der Waals surface area contributed by atoms with E-state index in [1.54, 1.807) is 6.07 Å². The van der Waals surface area contributed by atoms with Crippen LogP contribution in [0.2, 0.25) is 0 Å². The van der Waals surface area contributed by atoms with Crippen LogP contribution in [0.3, 0.4) is 0 Å². The molecule has 0 spiro atoms. The first-order chi connectivity index (χ1) is 8.24. The van der Waals surface area contributed by atoms with Crippen LogP contribution in [0.25, 0.3) is 0 Å². The van der Waals surface area contributed by atoms with Crippen molar-refractivity contribution >= 4 is 0 Å². The summed E-state index contributed by atoms with van der Waals surface area (Å²) in [5.74, 6) is 1.30. The zero-order chi connectivity index (χ0) is 11.8. The molecule has 1 saturated carbocycles. The summed E-state index contributed by atoms with van der Waals surface area (Å²) in [5, 5.41) is 0. The van der Waals surface area contributed by atoms with Gasteiger partial charge in [-0.05, 0) is 30.7 Å². The van der Waals surface area contributed by atoms with Crippen LogP contribution in [-0.4, -0.2) is 24.0 Å². The highest BCUT2D eigenvalue weighted by atomic mass is 19.1. The Morgan fingerprint density at radius 2 is 2.06 bits per heavy atom. The molecule has 0 amide bonds. The van der Waals surface area contributed by atoms with Gasteiger partial charge in [0, 0.05) is 31.2 Å². The van der Waals surface area contributed by atoms with Crippen molar-refractivity contribution in [1.82, 2.24) is 4.90 Å². The zero-order valence-electron chi connectivity index (χ0n) is 9.98. The molecule has 0 radical (unpaired) electrons. The molecule has 3 unspecified atom stereocenters. The normalized spacial score (nSPS) is 32.9. The zero-order valence-corrected chi connectivity index (χ0v) is 9.98. The van der Waals surface area contributed by atoms with Gasteiger partial charge in [-0.25, -0.2) is 4.39 Å². The maximum atomic E-state index is 13.6. The molecule has 2 fully saturated rings. The minimum absolute atomic E-state index is 0.0890. The Kier molecular flexibility index (Phi) is 2.89. The summed E-state index contributed by atoms with van der Waals surface area (Å²) in [4.78, 5) is 2.35. The Morgan fingerprint density at radius 3 is 2.82 bits per heavy atom. The third kappa shape index (κ3) is 2.09. The molecule has 3 heteroatoms. The fourth-order valence-electron chi connectivity index (χ4n) is 3.40. The van der Waals surface area contributed by atoms with Crippen molar-refractivity contribution < 1.29 is 4.39 Å². The number of nitrogens with two attached hydrogens (primary N) is 1. The molecule has 3 rings (SSSR count). The van der Waals surface area contributed by atoms with Crippen molar-refractivity contribution in [2.75, 3.05) is 13.1 Å². The SMILES string of the molecule is NC1CCC2CN(Cc3ccccc3F)CC12. The van der Waals surface area contributed by atoms with Crippen molar-refractivity contribution in [2.24, 2.45) is 17.6 Å². The molecule has 0 aromatic heterocycles. The average Bonchev–Trinajstić information content (AvgIpc) is 2.85. The van der Waals surface area contributed by atoms with Crippen LogP contribution in [0.4, 0.5) is 4.39 Å². The van der Waals surface area contributed by atoms with Crippen LogP contribution in [0.5, 0.6) is 0 Å². The van der Waals surface area contributed by atoms with E-state index in [1.165, 1.54) is 18.9 Å². The predicted molar refractivity (Wildman–Crippen MR) is 65.9 cm³/mol. The summed E-state index contributed by atoms with van der Waals surface area (Å²) in [6.45, 7) is 2.86. The summed E-state index contributed by atoms with van der Waals surface area (Å²) in [5.41, 5.74) is 6.91. The molecule has 1 aliphatic carbocycles. The second-order valence-corrected chi connectivity index (χ2v) is 5.45. The molecule has 1 aromatic carbocycles. The smallest absolute Gasteiger partial charge is 0.127 e. The summed E-state index contributed by atoms with van der Waals surface area (Å²) in [7, 11) is 0. The van der Waals surface area contributed by atoms with Crippen molar-refractivity contribution in [3.8, 4) is 0 Å². The largest absolute Gasteiger partial charge is 0.327 e. The standard InChI is InChI=1S/C14H19FN2/c15-13-4-2-1-3-11(13)8-17-7-10-5-6-14(16)12(10)9-17/h1-4,10,12,14H,5-9,16H2. The van der Waals surface area contributed by atoms with Crippen LogP contribution in [0.1, 0.15) is 18.4 Å². The molecule has 0 bridgehead atoms. The van der Waals surface area contributed by atoms with Crippen molar-refractivity contribution in [3.63, 3.8) is 0 Å². The Labute approximate surface area is 102 Å². The van der Waals surface area contributed by atoms with Crippen molar-refractivity contribution in [2.45, 2.75) is 25.4 Å². The van der Waals surface area contributed by atoms with E-state index in [1.807, 2.05) is 12.1 Å². The van der Waals surface area contributed by atoms with E-state index in [9.17, 15) is 4.39 Å². The van der Waals surface area contributed by atoms with Gasteiger partial charge in [0.05, 0.1) is 0 Å². The van der Waals surface area contributed by atoms with Crippen LogP contribution >= 0.6 is 0 Å². The second kappa shape index (κ2) is 4.39. The van der Waals surface area contributed by atoms with Crippen molar-refractivity contribution in [1.29, 1.82) is 0 Å². The molecule has 1 heterocycles. The van der Waals surface area contributed by atoms with E-state index in [4.69, 9.17) is 5.73 Å². The Morgan fingerprint density at radius 1 is 1.24 bits per heavy atom. The van der Waals surface area contributed by atoms with E-state index in [0.717, 1.165) is 31.1 Å². The summed E-state index contributed by atoms with van der Waals surface area (Å²) < 4.78 is 13.6. The Hall–Kier alpha value is -0.930. The lowest BCUT2D eigenvalue weighted by atomic mass is 9.98. The number of fused-ring (bicyclic) bond motifs is 1.